The van der Waals surface area contributed by atoms with Crippen molar-refractivity contribution in [2.45, 2.75) is 31.6 Å². The summed E-state index contributed by atoms with van der Waals surface area (Å²) >= 11 is 0. The number of carboxylic acids is 1. The number of sulfonamides is 1. The van der Waals surface area contributed by atoms with Gasteiger partial charge in [-0.2, -0.15) is 0 Å². The minimum absolute atomic E-state index is 0.0300. The van der Waals surface area contributed by atoms with Gasteiger partial charge in [0.25, 0.3) is 10.0 Å². The summed E-state index contributed by atoms with van der Waals surface area (Å²) in [5.74, 6) is -1.15. The predicted octanol–water partition coefficient (Wildman–Crippen LogP) is 3.69. The maximum Gasteiger partial charge on any atom is 0.335 e. The Balaban J connectivity index is 2.56. The molecule has 0 aromatic heterocycles. The lowest BCUT2D eigenvalue weighted by Crippen LogP contribution is -2.32. The average Bonchev–Trinajstić information content (AvgIpc) is 2.56. The summed E-state index contributed by atoms with van der Waals surface area (Å²) in [7, 11) is -3.84. The van der Waals surface area contributed by atoms with Gasteiger partial charge in [0, 0.05) is 6.54 Å². The highest BCUT2D eigenvalue weighted by molar-refractivity contribution is 7.92. The number of rotatable bonds is 7. The lowest BCUT2D eigenvalue weighted by Gasteiger charge is -2.25. The lowest BCUT2D eigenvalue weighted by molar-refractivity contribution is 0.0696. The molecule has 0 saturated carbocycles. The van der Waals surface area contributed by atoms with Crippen molar-refractivity contribution in [1.29, 1.82) is 0 Å². The molecule has 128 valence electrons. The van der Waals surface area contributed by atoms with Crippen LogP contribution in [0.3, 0.4) is 0 Å². The number of aromatic carboxylic acids is 1. The van der Waals surface area contributed by atoms with E-state index in [0.717, 1.165) is 6.42 Å². The van der Waals surface area contributed by atoms with Gasteiger partial charge in [0.1, 0.15) is 0 Å². The quantitative estimate of drug-likeness (QED) is 0.829. The Morgan fingerprint density at radius 2 is 1.79 bits per heavy atom. The molecule has 0 fully saturated rings. The average molecular weight is 347 g/mol. The van der Waals surface area contributed by atoms with Crippen LogP contribution in [-0.2, 0) is 10.0 Å². The van der Waals surface area contributed by atoms with Gasteiger partial charge in [-0.25, -0.2) is 13.2 Å². The monoisotopic (exact) mass is 347 g/mol. The first kappa shape index (κ1) is 18.0. The van der Waals surface area contributed by atoms with E-state index in [1.807, 2.05) is 13.0 Å². The van der Waals surface area contributed by atoms with Gasteiger partial charge in [0.2, 0.25) is 0 Å². The van der Waals surface area contributed by atoms with Gasteiger partial charge in [-0.3, -0.25) is 4.31 Å². The number of hydrogen-bond donors (Lipinski definition) is 1. The molecule has 0 aliphatic rings. The van der Waals surface area contributed by atoms with E-state index in [2.05, 4.69) is 0 Å². The van der Waals surface area contributed by atoms with Crippen LogP contribution in [0.15, 0.2) is 53.4 Å². The molecule has 0 spiro atoms. The van der Waals surface area contributed by atoms with Gasteiger partial charge >= 0.3 is 5.97 Å². The third-order valence-corrected chi connectivity index (χ3v) is 5.73. The fourth-order valence-corrected chi connectivity index (χ4v) is 4.17. The van der Waals surface area contributed by atoms with Crippen LogP contribution in [0, 0.1) is 6.92 Å². The summed E-state index contributed by atoms with van der Waals surface area (Å²) in [4.78, 5) is 11.2. The van der Waals surface area contributed by atoms with Crippen molar-refractivity contribution < 1.29 is 18.3 Å². The number of benzene rings is 2. The van der Waals surface area contributed by atoms with Crippen LogP contribution in [0.4, 0.5) is 5.69 Å². The highest BCUT2D eigenvalue weighted by atomic mass is 32.2. The molecular formula is C18H21NO4S. The SMILES string of the molecule is CCCCN(c1ccccc1)S(=O)(=O)c1cc(C(=O)O)ccc1C. The Hall–Kier alpha value is -2.34. The molecule has 6 heteroatoms. The predicted molar refractivity (Wildman–Crippen MR) is 94.0 cm³/mol. The minimum atomic E-state index is -3.84. The molecule has 1 N–H and O–H groups in total. The zero-order chi connectivity index (χ0) is 17.7. The zero-order valence-corrected chi connectivity index (χ0v) is 14.6. The summed E-state index contributed by atoms with van der Waals surface area (Å²) in [6.45, 7) is 4.01. The van der Waals surface area contributed by atoms with Crippen molar-refractivity contribution >= 4 is 21.7 Å². The van der Waals surface area contributed by atoms with Gasteiger partial charge in [-0.15, -0.1) is 0 Å². The third kappa shape index (κ3) is 3.76. The molecule has 0 unspecified atom stereocenters. The molecule has 0 atom stereocenters. The van der Waals surface area contributed by atoms with E-state index < -0.39 is 16.0 Å². The van der Waals surface area contributed by atoms with Crippen LogP contribution in [0.5, 0.6) is 0 Å². The summed E-state index contributed by atoms with van der Waals surface area (Å²) in [6, 6.07) is 13.0. The molecule has 0 bridgehead atoms. The first-order valence-electron chi connectivity index (χ1n) is 7.79. The lowest BCUT2D eigenvalue weighted by atomic mass is 10.1. The molecule has 0 amide bonds. The number of aryl methyl sites for hydroxylation is 1. The van der Waals surface area contributed by atoms with Gasteiger partial charge in [-0.1, -0.05) is 37.6 Å². The van der Waals surface area contributed by atoms with E-state index in [4.69, 9.17) is 5.11 Å². The number of hydrogen-bond acceptors (Lipinski definition) is 3. The standard InChI is InChI=1S/C18H21NO4S/c1-3-4-12-19(16-8-6-5-7-9-16)24(22,23)17-13-15(18(20)21)11-10-14(17)2/h5-11,13H,3-4,12H2,1-2H3,(H,20,21). The maximum absolute atomic E-state index is 13.2. The second kappa shape index (κ2) is 7.49. The Morgan fingerprint density at radius 3 is 2.38 bits per heavy atom. The number of carboxylic acid groups (broad SMARTS) is 1. The van der Waals surface area contributed by atoms with E-state index in [1.54, 1.807) is 31.2 Å². The molecular weight excluding hydrogens is 326 g/mol. The molecule has 24 heavy (non-hydrogen) atoms. The first-order valence-corrected chi connectivity index (χ1v) is 9.23. The Kier molecular flexibility index (Phi) is 5.62. The summed E-state index contributed by atoms with van der Waals surface area (Å²) in [6.07, 6.45) is 1.57. The van der Waals surface area contributed by atoms with Gasteiger partial charge in [-0.05, 0) is 43.2 Å². The number of anilines is 1. The van der Waals surface area contributed by atoms with Crippen molar-refractivity contribution in [3.8, 4) is 0 Å². The molecule has 2 aromatic carbocycles. The summed E-state index contributed by atoms with van der Waals surface area (Å²) < 4.78 is 27.7. The normalized spacial score (nSPS) is 11.2. The zero-order valence-electron chi connectivity index (χ0n) is 13.8. The van der Waals surface area contributed by atoms with Crippen LogP contribution < -0.4 is 4.31 Å². The largest absolute Gasteiger partial charge is 0.478 e. The van der Waals surface area contributed by atoms with Crippen molar-refractivity contribution in [3.63, 3.8) is 0 Å². The van der Waals surface area contributed by atoms with Crippen molar-refractivity contribution in [3.05, 3.63) is 59.7 Å². The Bertz CT molecular complexity index is 816. The van der Waals surface area contributed by atoms with Crippen molar-refractivity contribution in [2.24, 2.45) is 0 Å². The summed E-state index contributed by atoms with van der Waals surface area (Å²) in [5, 5.41) is 9.15. The fourth-order valence-electron chi connectivity index (χ4n) is 2.41. The molecule has 2 rings (SSSR count). The second-order valence-electron chi connectivity index (χ2n) is 5.55. The third-order valence-electron chi connectivity index (χ3n) is 3.76. The van der Waals surface area contributed by atoms with E-state index in [-0.39, 0.29) is 10.5 Å². The van der Waals surface area contributed by atoms with Crippen LogP contribution in [0.1, 0.15) is 35.7 Å². The van der Waals surface area contributed by atoms with Gasteiger partial charge in [0.15, 0.2) is 0 Å². The van der Waals surface area contributed by atoms with Gasteiger partial charge < -0.3 is 5.11 Å². The molecule has 0 aliphatic heterocycles. The number of carbonyl (C=O) groups is 1. The number of nitrogens with zero attached hydrogens (tertiary/aromatic N) is 1. The first-order chi connectivity index (χ1) is 11.4. The highest BCUT2D eigenvalue weighted by Crippen LogP contribution is 2.27. The summed E-state index contributed by atoms with van der Waals surface area (Å²) in [5.41, 5.74) is 1.06. The van der Waals surface area contributed by atoms with Crippen LogP contribution in [0.25, 0.3) is 0 Å². The molecule has 2 aromatic rings. The number of para-hydroxylation sites is 1. The maximum atomic E-state index is 13.2. The molecule has 0 aliphatic carbocycles. The van der Waals surface area contributed by atoms with Crippen molar-refractivity contribution in [1.82, 2.24) is 0 Å². The van der Waals surface area contributed by atoms with E-state index in [9.17, 15) is 13.2 Å². The van der Waals surface area contributed by atoms with E-state index in [0.29, 0.717) is 24.2 Å². The highest BCUT2D eigenvalue weighted by Gasteiger charge is 2.27. The van der Waals surface area contributed by atoms with Crippen LogP contribution in [0.2, 0.25) is 0 Å². The van der Waals surface area contributed by atoms with E-state index >= 15 is 0 Å². The fraction of sp³-hybridized carbons (Fsp3) is 0.278. The van der Waals surface area contributed by atoms with Crippen LogP contribution >= 0.6 is 0 Å². The Morgan fingerprint density at radius 1 is 1.12 bits per heavy atom. The van der Waals surface area contributed by atoms with Crippen molar-refractivity contribution in [2.75, 3.05) is 10.8 Å². The molecule has 0 heterocycles. The molecule has 0 saturated heterocycles. The number of unbranched alkanes of at least 4 members (excludes halogenated alkanes) is 1. The second-order valence-corrected chi connectivity index (χ2v) is 7.38. The Labute approximate surface area is 142 Å². The van der Waals surface area contributed by atoms with Crippen LogP contribution in [-0.4, -0.2) is 26.0 Å². The van der Waals surface area contributed by atoms with E-state index in [1.165, 1.54) is 22.5 Å². The van der Waals surface area contributed by atoms with Gasteiger partial charge in [0.05, 0.1) is 16.1 Å². The topological polar surface area (TPSA) is 74.7 Å². The molecule has 5 nitrogen and oxygen atoms in total. The smallest absolute Gasteiger partial charge is 0.335 e. The minimum Gasteiger partial charge on any atom is -0.478 e. The molecule has 0 radical (unpaired) electrons.